The summed E-state index contributed by atoms with van der Waals surface area (Å²) in [5.74, 6) is 0.364. The van der Waals surface area contributed by atoms with Crippen molar-refractivity contribution in [3.05, 3.63) is 0 Å². The zero-order valence-electron chi connectivity index (χ0n) is 11.3. The molecule has 2 aliphatic carbocycles. The van der Waals surface area contributed by atoms with Gasteiger partial charge in [0.05, 0.1) is 11.0 Å². The van der Waals surface area contributed by atoms with E-state index in [1.54, 1.807) is 0 Å². The Morgan fingerprint density at radius 1 is 1.22 bits per heavy atom. The largest absolute Gasteiger partial charge is 0.481 e. The minimum absolute atomic E-state index is 0.0667. The minimum atomic E-state index is -0.548. The maximum Gasteiger partial charge on any atom is 0.309 e. The molecule has 0 aromatic heterocycles. The van der Waals surface area contributed by atoms with Crippen LogP contribution < -0.4 is 0 Å². The second-order valence-electron chi connectivity index (χ2n) is 6.88. The molecule has 0 aromatic rings. The van der Waals surface area contributed by atoms with Crippen LogP contribution in [0, 0.1) is 17.3 Å². The lowest BCUT2D eigenvalue weighted by Crippen LogP contribution is -2.50. The molecule has 0 radical (unpaired) electrons. The number of carboxylic acids is 1. The molecule has 0 aromatic carbocycles. The van der Waals surface area contributed by atoms with Crippen LogP contribution in [0.3, 0.4) is 0 Å². The molecule has 0 bridgehead atoms. The first-order chi connectivity index (χ1) is 8.56. The van der Waals surface area contributed by atoms with Crippen molar-refractivity contribution in [1.82, 2.24) is 0 Å². The molecule has 102 valence electrons. The van der Waals surface area contributed by atoms with E-state index in [-0.39, 0.29) is 5.60 Å². The van der Waals surface area contributed by atoms with Gasteiger partial charge >= 0.3 is 5.97 Å². The van der Waals surface area contributed by atoms with Crippen LogP contribution in [0.25, 0.3) is 0 Å². The second kappa shape index (κ2) is 4.22. The van der Waals surface area contributed by atoms with Gasteiger partial charge in [-0.3, -0.25) is 4.79 Å². The van der Waals surface area contributed by atoms with Crippen LogP contribution in [0.4, 0.5) is 0 Å². The summed E-state index contributed by atoms with van der Waals surface area (Å²) in [7, 11) is 0. The minimum Gasteiger partial charge on any atom is -0.481 e. The zero-order chi connectivity index (χ0) is 12.8. The Morgan fingerprint density at radius 3 is 2.50 bits per heavy atom. The predicted molar refractivity (Wildman–Crippen MR) is 68.3 cm³/mol. The quantitative estimate of drug-likeness (QED) is 0.820. The van der Waals surface area contributed by atoms with Gasteiger partial charge in [-0.2, -0.15) is 0 Å². The Kier molecular flexibility index (Phi) is 2.92. The number of carboxylic acid groups (broad SMARTS) is 1. The van der Waals surface area contributed by atoms with Gasteiger partial charge < -0.3 is 9.84 Å². The first kappa shape index (κ1) is 12.5. The number of rotatable bonds is 2. The van der Waals surface area contributed by atoms with E-state index < -0.39 is 11.4 Å². The lowest BCUT2D eigenvalue weighted by atomic mass is 9.62. The van der Waals surface area contributed by atoms with Crippen LogP contribution >= 0.6 is 0 Å². The van der Waals surface area contributed by atoms with Crippen molar-refractivity contribution in [2.24, 2.45) is 17.3 Å². The Morgan fingerprint density at radius 2 is 2.00 bits per heavy atom. The van der Waals surface area contributed by atoms with E-state index >= 15 is 0 Å². The summed E-state index contributed by atoms with van der Waals surface area (Å²) in [6.07, 6.45) is 8.32. The van der Waals surface area contributed by atoms with Crippen molar-refractivity contribution in [3.63, 3.8) is 0 Å². The topological polar surface area (TPSA) is 46.5 Å². The van der Waals surface area contributed by atoms with Crippen molar-refractivity contribution in [2.75, 3.05) is 6.61 Å². The normalized spacial score (nSPS) is 42.7. The lowest BCUT2D eigenvalue weighted by Gasteiger charge is -2.50. The number of hydrogen-bond acceptors (Lipinski definition) is 2. The molecule has 3 heteroatoms. The van der Waals surface area contributed by atoms with Crippen LogP contribution in [-0.4, -0.2) is 23.3 Å². The molecule has 18 heavy (non-hydrogen) atoms. The highest BCUT2D eigenvalue weighted by molar-refractivity contribution is 5.75. The molecular weight excluding hydrogens is 228 g/mol. The summed E-state index contributed by atoms with van der Waals surface area (Å²) in [5.41, 5.74) is -0.372. The van der Waals surface area contributed by atoms with Crippen LogP contribution in [0.5, 0.6) is 0 Å². The van der Waals surface area contributed by atoms with E-state index in [2.05, 4.69) is 6.92 Å². The molecule has 3 atom stereocenters. The number of ether oxygens (including phenoxy) is 1. The summed E-state index contributed by atoms with van der Waals surface area (Å²) in [6.45, 7) is 2.97. The van der Waals surface area contributed by atoms with Crippen molar-refractivity contribution in [2.45, 2.75) is 63.9 Å². The summed E-state index contributed by atoms with van der Waals surface area (Å²) < 4.78 is 5.95. The molecule has 3 rings (SSSR count). The average Bonchev–Trinajstić information content (AvgIpc) is 2.71. The highest BCUT2D eigenvalue weighted by atomic mass is 16.5. The molecule has 3 unspecified atom stereocenters. The van der Waals surface area contributed by atoms with Crippen LogP contribution in [0.1, 0.15) is 58.3 Å². The van der Waals surface area contributed by atoms with Gasteiger partial charge in [-0.25, -0.2) is 0 Å². The number of carbonyl (C=O) groups is 1. The highest BCUT2D eigenvalue weighted by Crippen LogP contribution is 2.55. The van der Waals surface area contributed by atoms with E-state index in [0.717, 1.165) is 51.6 Å². The zero-order valence-corrected chi connectivity index (χ0v) is 11.3. The van der Waals surface area contributed by atoms with E-state index in [0.29, 0.717) is 11.8 Å². The third kappa shape index (κ3) is 1.78. The fourth-order valence-corrected chi connectivity index (χ4v) is 4.49. The summed E-state index contributed by atoms with van der Waals surface area (Å²) in [5, 5.41) is 9.75. The molecule has 3 aliphatic rings. The second-order valence-corrected chi connectivity index (χ2v) is 6.88. The fourth-order valence-electron chi connectivity index (χ4n) is 4.49. The average molecular weight is 252 g/mol. The Bertz CT molecular complexity index is 348. The molecular formula is C15H24O3. The first-order valence-electron chi connectivity index (χ1n) is 7.44. The molecule has 1 saturated heterocycles. The summed E-state index contributed by atoms with van der Waals surface area (Å²) in [6, 6.07) is 0. The number of hydrogen-bond donors (Lipinski definition) is 1. The van der Waals surface area contributed by atoms with Crippen molar-refractivity contribution in [1.29, 1.82) is 0 Å². The number of aliphatic carboxylic acids is 1. The van der Waals surface area contributed by atoms with Crippen molar-refractivity contribution in [3.8, 4) is 0 Å². The Hall–Kier alpha value is -0.570. The van der Waals surface area contributed by atoms with Gasteiger partial charge in [0.1, 0.15) is 0 Å². The first-order valence-corrected chi connectivity index (χ1v) is 7.44. The van der Waals surface area contributed by atoms with Gasteiger partial charge in [0.2, 0.25) is 0 Å². The molecule has 2 saturated carbocycles. The van der Waals surface area contributed by atoms with Crippen LogP contribution in [0.15, 0.2) is 0 Å². The lowest BCUT2D eigenvalue weighted by molar-refractivity contribution is -0.176. The molecule has 1 aliphatic heterocycles. The van der Waals surface area contributed by atoms with E-state index in [4.69, 9.17) is 4.74 Å². The third-order valence-electron chi connectivity index (χ3n) is 5.76. The van der Waals surface area contributed by atoms with Gasteiger partial charge in [-0.15, -0.1) is 0 Å². The Balaban J connectivity index is 1.80. The van der Waals surface area contributed by atoms with E-state index in [1.165, 1.54) is 6.42 Å². The molecule has 1 heterocycles. The van der Waals surface area contributed by atoms with Gasteiger partial charge in [0, 0.05) is 6.61 Å². The monoisotopic (exact) mass is 252 g/mol. The molecule has 1 N–H and O–H groups in total. The summed E-state index contributed by atoms with van der Waals surface area (Å²) in [4.78, 5) is 11.8. The Labute approximate surface area is 109 Å². The molecule has 0 amide bonds. The molecule has 3 fully saturated rings. The van der Waals surface area contributed by atoms with Gasteiger partial charge in [-0.1, -0.05) is 6.92 Å². The predicted octanol–water partition coefficient (Wildman–Crippen LogP) is 3.23. The van der Waals surface area contributed by atoms with E-state index in [1.807, 2.05) is 0 Å². The fraction of sp³-hybridized carbons (Fsp3) is 0.933. The smallest absolute Gasteiger partial charge is 0.309 e. The van der Waals surface area contributed by atoms with Crippen molar-refractivity contribution >= 4 is 5.97 Å². The van der Waals surface area contributed by atoms with Crippen LogP contribution in [-0.2, 0) is 9.53 Å². The molecule has 3 nitrogen and oxygen atoms in total. The maximum atomic E-state index is 11.8. The SMILES string of the molecule is CC1CCC(C(=O)O)(C2CCOC3(CCC3)C2)C1. The van der Waals surface area contributed by atoms with Gasteiger partial charge in [0.15, 0.2) is 0 Å². The van der Waals surface area contributed by atoms with E-state index in [9.17, 15) is 9.90 Å². The maximum absolute atomic E-state index is 11.8. The summed E-state index contributed by atoms with van der Waals surface area (Å²) >= 11 is 0. The van der Waals surface area contributed by atoms with Gasteiger partial charge in [-0.05, 0) is 63.2 Å². The van der Waals surface area contributed by atoms with Crippen LogP contribution in [0.2, 0.25) is 0 Å². The standard InChI is InChI=1S/C15H24O3/c1-11-3-7-15(9-11,13(16)17)12-4-8-18-14(10-12)5-2-6-14/h11-12H,2-10H2,1H3,(H,16,17). The molecule has 1 spiro atoms. The van der Waals surface area contributed by atoms with Gasteiger partial charge in [0.25, 0.3) is 0 Å². The third-order valence-corrected chi connectivity index (χ3v) is 5.76. The van der Waals surface area contributed by atoms with Crippen molar-refractivity contribution < 1.29 is 14.6 Å². The highest BCUT2D eigenvalue weighted by Gasteiger charge is 2.54.